The van der Waals surface area contributed by atoms with Gasteiger partial charge in [-0.1, -0.05) is 13.8 Å². The fourth-order valence-electron chi connectivity index (χ4n) is 2.31. The predicted molar refractivity (Wildman–Crippen MR) is 73.4 cm³/mol. The van der Waals surface area contributed by atoms with E-state index < -0.39 is 4.92 Å². The molecule has 0 bridgehead atoms. The Morgan fingerprint density at radius 1 is 1.37 bits per heavy atom. The summed E-state index contributed by atoms with van der Waals surface area (Å²) >= 11 is 0. The molecule has 0 spiro atoms. The number of H-pyrrole nitrogens is 1. The lowest BCUT2D eigenvalue weighted by Gasteiger charge is -2.09. The topological polar surface area (TPSA) is 76.0 Å². The Balaban J connectivity index is 2.52. The largest absolute Gasteiger partial charge is 0.360 e. The maximum atomic E-state index is 12.4. The van der Waals surface area contributed by atoms with Gasteiger partial charge in [-0.3, -0.25) is 14.9 Å². The minimum atomic E-state index is -0.447. The number of nitrogens with zero attached hydrogens (tertiary/aromatic N) is 1. The molecule has 5 nitrogen and oxygen atoms in total. The molecule has 0 aliphatic carbocycles. The summed E-state index contributed by atoms with van der Waals surface area (Å²) in [5.74, 6) is 0.0232. The molecule has 1 heterocycles. The zero-order valence-corrected chi connectivity index (χ0v) is 11.0. The average Bonchev–Trinajstić information content (AvgIpc) is 2.82. The van der Waals surface area contributed by atoms with Crippen molar-refractivity contribution in [3.63, 3.8) is 0 Å². The van der Waals surface area contributed by atoms with Gasteiger partial charge in [0.1, 0.15) is 0 Å². The van der Waals surface area contributed by atoms with E-state index in [-0.39, 0.29) is 17.4 Å². The number of nitro benzene ring substituents is 1. The van der Waals surface area contributed by atoms with Crippen LogP contribution < -0.4 is 0 Å². The van der Waals surface area contributed by atoms with Gasteiger partial charge in [-0.15, -0.1) is 0 Å². The molecule has 19 heavy (non-hydrogen) atoms. The van der Waals surface area contributed by atoms with Crippen LogP contribution in [0.1, 0.15) is 37.0 Å². The van der Waals surface area contributed by atoms with Crippen LogP contribution >= 0.6 is 0 Å². The molecule has 2 rings (SSSR count). The number of non-ortho nitro benzene ring substituents is 1. The minimum absolute atomic E-state index is 0.00527. The van der Waals surface area contributed by atoms with Gasteiger partial charge in [0.15, 0.2) is 5.78 Å². The first-order valence-electron chi connectivity index (χ1n) is 6.38. The van der Waals surface area contributed by atoms with Crippen LogP contribution in [-0.2, 0) is 0 Å². The van der Waals surface area contributed by atoms with Crippen LogP contribution in [0.2, 0.25) is 0 Å². The normalized spacial score (nSPS) is 11.1. The van der Waals surface area contributed by atoms with E-state index in [1.165, 1.54) is 12.1 Å². The summed E-state index contributed by atoms with van der Waals surface area (Å²) in [6.45, 7) is 3.95. The van der Waals surface area contributed by atoms with Crippen LogP contribution in [0.3, 0.4) is 0 Å². The van der Waals surface area contributed by atoms with E-state index in [9.17, 15) is 14.9 Å². The van der Waals surface area contributed by atoms with Crippen molar-refractivity contribution in [2.24, 2.45) is 5.92 Å². The van der Waals surface area contributed by atoms with Crippen LogP contribution in [0.25, 0.3) is 10.9 Å². The molecule has 0 unspecified atom stereocenters. The summed E-state index contributed by atoms with van der Waals surface area (Å²) in [7, 11) is 0. The number of carbonyl (C=O) groups excluding carboxylic acids is 1. The fraction of sp³-hybridized carbons (Fsp3) is 0.357. The molecular weight excluding hydrogens is 244 g/mol. The number of aromatic nitrogens is 1. The van der Waals surface area contributed by atoms with Gasteiger partial charge < -0.3 is 4.98 Å². The highest BCUT2D eigenvalue weighted by Crippen LogP contribution is 2.26. The zero-order valence-electron chi connectivity index (χ0n) is 11.0. The van der Waals surface area contributed by atoms with Crippen molar-refractivity contribution < 1.29 is 9.72 Å². The molecule has 0 saturated heterocycles. The maximum absolute atomic E-state index is 12.4. The summed E-state index contributed by atoms with van der Waals surface area (Å²) < 4.78 is 0. The molecule has 5 heteroatoms. The van der Waals surface area contributed by atoms with Crippen LogP contribution in [0.15, 0.2) is 24.4 Å². The second kappa shape index (κ2) is 5.22. The highest BCUT2D eigenvalue weighted by atomic mass is 16.6. The summed E-state index contributed by atoms with van der Waals surface area (Å²) in [5.41, 5.74) is 1.30. The first kappa shape index (κ1) is 13.3. The third-order valence-electron chi connectivity index (χ3n) is 3.50. The molecule has 0 saturated carbocycles. The number of aromatic amines is 1. The van der Waals surface area contributed by atoms with E-state index in [0.29, 0.717) is 10.9 Å². The molecule has 1 aromatic heterocycles. The van der Waals surface area contributed by atoms with Crippen LogP contribution in [-0.4, -0.2) is 15.7 Å². The van der Waals surface area contributed by atoms with Gasteiger partial charge in [0.25, 0.3) is 5.69 Å². The number of hydrogen-bond acceptors (Lipinski definition) is 3. The Labute approximate surface area is 110 Å². The molecule has 2 aromatic rings. The van der Waals surface area contributed by atoms with Gasteiger partial charge in [-0.05, 0) is 18.9 Å². The number of rotatable bonds is 5. The zero-order chi connectivity index (χ0) is 14.0. The highest BCUT2D eigenvalue weighted by molar-refractivity contribution is 6.09. The SMILES string of the molecule is CCC(CC)C(=O)c1c[nH]c2ccc([N+](=O)[O-])cc12. The fourth-order valence-corrected chi connectivity index (χ4v) is 2.31. The Bertz CT molecular complexity index is 627. The summed E-state index contributed by atoms with van der Waals surface area (Å²) in [6.07, 6.45) is 3.20. The molecule has 0 amide bonds. The van der Waals surface area contributed by atoms with Gasteiger partial charge in [0, 0.05) is 40.7 Å². The summed E-state index contributed by atoms with van der Waals surface area (Å²) in [5, 5.41) is 11.4. The molecular formula is C14H16N2O3. The van der Waals surface area contributed by atoms with Crippen molar-refractivity contribution in [2.45, 2.75) is 26.7 Å². The second-order valence-electron chi connectivity index (χ2n) is 4.57. The van der Waals surface area contributed by atoms with Crippen LogP contribution in [0, 0.1) is 16.0 Å². The van der Waals surface area contributed by atoms with Crippen LogP contribution in [0.5, 0.6) is 0 Å². The Kier molecular flexibility index (Phi) is 3.64. The lowest BCUT2D eigenvalue weighted by Crippen LogP contribution is -2.12. The Morgan fingerprint density at radius 2 is 2.05 bits per heavy atom. The average molecular weight is 260 g/mol. The van der Waals surface area contributed by atoms with Gasteiger partial charge in [0.2, 0.25) is 0 Å². The minimum Gasteiger partial charge on any atom is -0.360 e. The molecule has 1 aromatic carbocycles. The Morgan fingerprint density at radius 3 is 2.63 bits per heavy atom. The van der Waals surface area contributed by atoms with E-state index in [0.717, 1.165) is 18.4 Å². The molecule has 0 radical (unpaired) electrons. The maximum Gasteiger partial charge on any atom is 0.270 e. The van der Waals surface area contributed by atoms with E-state index in [1.807, 2.05) is 13.8 Å². The van der Waals surface area contributed by atoms with Crippen molar-refractivity contribution in [1.82, 2.24) is 4.98 Å². The number of fused-ring (bicyclic) bond motifs is 1. The molecule has 1 N–H and O–H groups in total. The predicted octanol–water partition coefficient (Wildman–Crippen LogP) is 3.70. The van der Waals surface area contributed by atoms with Gasteiger partial charge in [-0.2, -0.15) is 0 Å². The molecule has 0 aliphatic rings. The van der Waals surface area contributed by atoms with Crippen molar-refractivity contribution in [3.05, 3.63) is 40.1 Å². The third-order valence-corrected chi connectivity index (χ3v) is 3.50. The van der Waals surface area contributed by atoms with Gasteiger partial charge in [-0.25, -0.2) is 0 Å². The third kappa shape index (κ3) is 2.36. The first-order chi connectivity index (χ1) is 9.08. The number of carbonyl (C=O) groups is 1. The van der Waals surface area contributed by atoms with Crippen molar-refractivity contribution in [2.75, 3.05) is 0 Å². The molecule has 0 atom stereocenters. The Hall–Kier alpha value is -2.17. The van der Waals surface area contributed by atoms with Gasteiger partial charge in [0.05, 0.1) is 4.92 Å². The quantitative estimate of drug-likeness (QED) is 0.506. The number of nitrogens with one attached hydrogen (secondary N) is 1. The monoisotopic (exact) mass is 260 g/mol. The van der Waals surface area contributed by atoms with Gasteiger partial charge >= 0.3 is 0 Å². The van der Waals surface area contributed by atoms with Crippen molar-refractivity contribution in [3.8, 4) is 0 Å². The van der Waals surface area contributed by atoms with E-state index in [2.05, 4.69) is 4.98 Å². The summed E-state index contributed by atoms with van der Waals surface area (Å²) in [6, 6.07) is 4.53. The lowest BCUT2D eigenvalue weighted by molar-refractivity contribution is -0.384. The number of nitro groups is 1. The first-order valence-corrected chi connectivity index (χ1v) is 6.38. The number of ketones is 1. The van der Waals surface area contributed by atoms with Crippen molar-refractivity contribution in [1.29, 1.82) is 0 Å². The highest BCUT2D eigenvalue weighted by Gasteiger charge is 2.20. The molecule has 100 valence electrons. The van der Waals surface area contributed by atoms with E-state index >= 15 is 0 Å². The summed E-state index contributed by atoms with van der Waals surface area (Å²) in [4.78, 5) is 25.7. The standard InChI is InChI=1S/C14H16N2O3/c1-3-9(4-2)14(17)12-8-15-13-6-5-10(16(18)19)7-11(12)13/h5-9,15H,3-4H2,1-2H3. The number of Topliss-reactive ketones (excluding diaryl/α,β-unsaturated/α-hetero) is 1. The number of hydrogen-bond donors (Lipinski definition) is 1. The van der Waals surface area contributed by atoms with E-state index in [4.69, 9.17) is 0 Å². The number of benzene rings is 1. The molecule has 0 aliphatic heterocycles. The van der Waals surface area contributed by atoms with E-state index in [1.54, 1.807) is 12.3 Å². The van der Waals surface area contributed by atoms with Crippen LogP contribution in [0.4, 0.5) is 5.69 Å². The second-order valence-corrected chi connectivity index (χ2v) is 4.57. The van der Waals surface area contributed by atoms with Crippen molar-refractivity contribution >= 4 is 22.4 Å². The molecule has 0 fully saturated rings. The smallest absolute Gasteiger partial charge is 0.270 e. The lowest BCUT2D eigenvalue weighted by atomic mass is 9.93.